The number of carboxylic acids is 1. The number of aliphatic carboxylic acids is 1. The summed E-state index contributed by atoms with van der Waals surface area (Å²) in [4.78, 5) is 20.2. The monoisotopic (exact) mass is 197 g/mol. The maximum absolute atomic E-state index is 11.4. The molecule has 76 valence electrons. The molecule has 0 spiro atoms. The summed E-state index contributed by atoms with van der Waals surface area (Å²) in [5, 5.41) is 10.0. The van der Waals surface area contributed by atoms with E-state index in [-0.39, 0.29) is 13.2 Å². The summed E-state index contributed by atoms with van der Waals surface area (Å²) < 4.78 is 27.3. The van der Waals surface area contributed by atoms with E-state index in [0.29, 0.717) is 0 Å². The Bertz CT molecular complexity index is 185. The van der Waals surface area contributed by atoms with Gasteiger partial charge < -0.3 is 15.2 Å². The highest BCUT2D eigenvalue weighted by molar-refractivity contribution is 6.31. The molecule has 0 rings (SSSR count). The molecule has 0 aliphatic carbocycles. The fourth-order valence-corrected chi connectivity index (χ4v) is 0.485. The smallest absolute Gasteiger partial charge is 0.394 e. The molecule has 5 nitrogen and oxygen atoms in total. The molecule has 0 saturated carbocycles. The molecule has 0 aromatic carbocycles. The van der Waals surface area contributed by atoms with Crippen LogP contribution >= 0.6 is 0 Å². The maximum atomic E-state index is 11.4. The van der Waals surface area contributed by atoms with E-state index in [1.807, 2.05) is 5.32 Å². The van der Waals surface area contributed by atoms with E-state index in [4.69, 9.17) is 5.11 Å². The summed E-state index contributed by atoms with van der Waals surface area (Å²) in [5.41, 5.74) is 0. The Kier molecular flexibility index (Phi) is 5.69. The normalized spacial score (nSPS) is 10.1. The molecule has 0 unspecified atom stereocenters. The van der Waals surface area contributed by atoms with Gasteiger partial charge in [-0.05, 0) is 0 Å². The number of amides is 1. The van der Waals surface area contributed by atoms with Crippen molar-refractivity contribution < 1.29 is 28.2 Å². The summed E-state index contributed by atoms with van der Waals surface area (Å²) >= 11 is 0. The SMILES string of the molecule is O=C(O)C(=O)NCCOCC(F)F. The highest BCUT2D eigenvalue weighted by atomic mass is 19.3. The number of carbonyl (C=O) groups excluding carboxylic acids is 1. The Morgan fingerprint density at radius 3 is 2.54 bits per heavy atom. The Balaban J connectivity index is 3.26. The molecule has 1 amide bonds. The van der Waals surface area contributed by atoms with Crippen LogP contribution in [0, 0.1) is 0 Å². The molecule has 0 aliphatic rings. The molecule has 0 aromatic rings. The van der Waals surface area contributed by atoms with Gasteiger partial charge in [-0.25, -0.2) is 13.6 Å². The molecule has 0 saturated heterocycles. The fraction of sp³-hybridized carbons (Fsp3) is 0.667. The zero-order valence-corrected chi connectivity index (χ0v) is 6.63. The predicted molar refractivity (Wildman–Crippen MR) is 37.5 cm³/mol. The number of hydrogen-bond acceptors (Lipinski definition) is 3. The van der Waals surface area contributed by atoms with Gasteiger partial charge in [0.25, 0.3) is 6.43 Å². The quantitative estimate of drug-likeness (QED) is 0.459. The van der Waals surface area contributed by atoms with Crippen LogP contribution < -0.4 is 5.32 Å². The predicted octanol–water partition coefficient (Wildman–Crippen LogP) is -0.531. The van der Waals surface area contributed by atoms with E-state index in [0.717, 1.165) is 0 Å². The Morgan fingerprint density at radius 1 is 1.46 bits per heavy atom. The Labute approximate surface area is 72.7 Å². The van der Waals surface area contributed by atoms with Crippen LogP contribution in [0.25, 0.3) is 0 Å². The first kappa shape index (κ1) is 11.8. The molecule has 0 aromatic heterocycles. The van der Waals surface area contributed by atoms with Gasteiger partial charge in [-0.2, -0.15) is 0 Å². The minimum Gasteiger partial charge on any atom is -0.474 e. The van der Waals surface area contributed by atoms with Gasteiger partial charge in [0.15, 0.2) is 0 Å². The van der Waals surface area contributed by atoms with Crippen molar-refractivity contribution >= 4 is 11.9 Å². The van der Waals surface area contributed by atoms with Crippen molar-refractivity contribution in [1.29, 1.82) is 0 Å². The number of nitrogens with one attached hydrogen (secondary N) is 1. The molecule has 0 aliphatic heterocycles. The van der Waals surface area contributed by atoms with Crippen LogP contribution in [-0.2, 0) is 14.3 Å². The summed E-state index contributed by atoms with van der Waals surface area (Å²) in [6.45, 7) is -0.954. The first-order chi connectivity index (χ1) is 6.04. The molecule has 2 N–H and O–H groups in total. The van der Waals surface area contributed by atoms with Crippen LogP contribution in [0.3, 0.4) is 0 Å². The highest BCUT2D eigenvalue weighted by Gasteiger charge is 2.09. The first-order valence-corrected chi connectivity index (χ1v) is 3.41. The molecule has 0 heterocycles. The summed E-state index contributed by atoms with van der Waals surface area (Å²) in [6.07, 6.45) is -2.56. The minimum absolute atomic E-state index is 0.0994. The molecule has 13 heavy (non-hydrogen) atoms. The highest BCUT2D eigenvalue weighted by Crippen LogP contribution is 1.91. The van der Waals surface area contributed by atoms with Gasteiger partial charge in [0.05, 0.1) is 6.61 Å². The van der Waals surface area contributed by atoms with E-state index in [1.165, 1.54) is 0 Å². The third kappa shape index (κ3) is 7.13. The average Bonchev–Trinajstić information content (AvgIpc) is 2.02. The standard InChI is InChI=1S/C6H9F2NO4/c7-4(8)3-13-2-1-9-5(10)6(11)12/h4H,1-3H2,(H,9,10)(H,11,12). The molecular weight excluding hydrogens is 188 g/mol. The van der Waals surface area contributed by atoms with E-state index in [9.17, 15) is 18.4 Å². The lowest BCUT2D eigenvalue weighted by Gasteiger charge is -2.03. The van der Waals surface area contributed by atoms with Gasteiger partial charge in [-0.1, -0.05) is 0 Å². The van der Waals surface area contributed by atoms with Crippen molar-refractivity contribution in [2.45, 2.75) is 6.43 Å². The van der Waals surface area contributed by atoms with E-state index in [2.05, 4.69) is 4.74 Å². The number of carbonyl (C=O) groups is 2. The third-order valence-corrected chi connectivity index (χ3v) is 0.970. The topological polar surface area (TPSA) is 75.6 Å². The Morgan fingerprint density at radius 2 is 2.08 bits per heavy atom. The number of rotatable bonds is 5. The van der Waals surface area contributed by atoms with Crippen LogP contribution in [0.5, 0.6) is 0 Å². The van der Waals surface area contributed by atoms with Gasteiger partial charge in [-0.15, -0.1) is 0 Å². The molecular formula is C6H9F2NO4. The van der Waals surface area contributed by atoms with E-state index in [1.54, 1.807) is 0 Å². The molecule has 7 heteroatoms. The molecule has 0 atom stereocenters. The van der Waals surface area contributed by atoms with E-state index < -0.39 is 24.9 Å². The van der Waals surface area contributed by atoms with Crippen molar-refractivity contribution in [1.82, 2.24) is 5.32 Å². The van der Waals surface area contributed by atoms with Crippen LogP contribution in [0.4, 0.5) is 8.78 Å². The number of alkyl halides is 2. The number of carboxylic acid groups (broad SMARTS) is 1. The van der Waals surface area contributed by atoms with E-state index >= 15 is 0 Å². The second kappa shape index (κ2) is 6.30. The number of halogens is 2. The van der Waals surface area contributed by atoms with Crippen molar-refractivity contribution in [2.24, 2.45) is 0 Å². The number of ether oxygens (including phenoxy) is 1. The Hall–Kier alpha value is -1.24. The van der Waals surface area contributed by atoms with Gasteiger partial charge in [0.1, 0.15) is 6.61 Å². The second-order valence-corrected chi connectivity index (χ2v) is 2.03. The van der Waals surface area contributed by atoms with Gasteiger partial charge in [0.2, 0.25) is 0 Å². The fourth-order valence-electron chi connectivity index (χ4n) is 0.485. The van der Waals surface area contributed by atoms with Crippen molar-refractivity contribution in [3.8, 4) is 0 Å². The van der Waals surface area contributed by atoms with Crippen molar-refractivity contribution in [3.63, 3.8) is 0 Å². The summed E-state index contributed by atoms with van der Waals surface area (Å²) in [6, 6.07) is 0. The molecule has 0 radical (unpaired) electrons. The lowest BCUT2D eigenvalue weighted by Crippen LogP contribution is -2.33. The van der Waals surface area contributed by atoms with Crippen LogP contribution in [0.1, 0.15) is 0 Å². The average molecular weight is 197 g/mol. The maximum Gasteiger partial charge on any atom is 0.394 e. The van der Waals surface area contributed by atoms with Gasteiger partial charge in [-0.3, -0.25) is 4.79 Å². The summed E-state index contributed by atoms with van der Waals surface area (Å²) in [5.74, 6) is -2.80. The zero-order chi connectivity index (χ0) is 10.3. The molecule has 0 fully saturated rings. The lowest BCUT2D eigenvalue weighted by molar-refractivity contribution is -0.150. The van der Waals surface area contributed by atoms with Gasteiger partial charge >= 0.3 is 11.9 Å². The van der Waals surface area contributed by atoms with Crippen LogP contribution in [0.2, 0.25) is 0 Å². The zero-order valence-electron chi connectivity index (χ0n) is 6.63. The largest absolute Gasteiger partial charge is 0.474 e. The van der Waals surface area contributed by atoms with Gasteiger partial charge in [0, 0.05) is 6.54 Å². The van der Waals surface area contributed by atoms with Crippen LogP contribution in [-0.4, -0.2) is 43.2 Å². The lowest BCUT2D eigenvalue weighted by atomic mass is 10.5. The van der Waals surface area contributed by atoms with Crippen molar-refractivity contribution in [2.75, 3.05) is 19.8 Å². The minimum atomic E-state index is -2.56. The van der Waals surface area contributed by atoms with Crippen LogP contribution in [0.15, 0.2) is 0 Å². The molecule has 0 bridgehead atoms. The summed E-state index contributed by atoms with van der Waals surface area (Å²) in [7, 11) is 0. The second-order valence-electron chi connectivity index (χ2n) is 2.03. The third-order valence-electron chi connectivity index (χ3n) is 0.970. The first-order valence-electron chi connectivity index (χ1n) is 3.41. The number of hydrogen-bond donors (Lipinski definition) is 2. The van der Waals surface area contributed by atoms with Crippen molar-refractivity contribution in [3.05, 3.63) is 0 Å².